The number of carbonyl (C=O) groups excluding carboxylic acids is 2. The van der Waals surface area contributed by atoms with Gasteiger partial charge in [-0.1, -0.05) is 29.8 Å². The van der Waals surface area contributed by atoms with Gasteiger partial charge < -0.3 is 10.6 Å². The number of hydrogen-bond donors (Lipinski definition) is 2. The van der Waals surface area contributed by atoms with Gasteiger partial charge in [0.25, 0.3) is 0 Å². The van der Waals surface area contributed by atoms with Crippen LogP contribution in [0.5, 0.6) is 0 Å². The van der Waals surface area contributed by atoms with Crippen molar-refractivity contribution in [2.24, 2.45) is 0 Å². The molecule has 5 nitrogen and oxygen atoms in total. The second-order valence-corrected chi connectivity index (χ2v) is 6.92. The Labute approximate surface area is 164 Å². The molecule has 27 heavy (non-hydrogen) atoms. The normalized spacial score (nSPS) is 10.4. The van der Waals surface area contributed by atoms with Gasteiger partial charge in [-0.25, -0.2) is 9.37 Å². The number of aromatic nitrogens is 1. The number of anilines is 1. The first-order valence-corrected chi connectivity index (χ1v) is 9.32. The predicted molar refractivity (Wildman–Crippen MR) is 104 cm³/mol. The fourth-order valence-electron chi connectivity index (χ4n) is 2.29. The highest BCUT2D eigenvalue weighted by Crippen LogP contribution is 2.25. The van der Waals surface area contributed by atoms with Crippen LogP contribution in [0.4, 0.5) is 10.1 Å². The number of halogens is 2. The first kappa shape index (κ1) is 19.0. The lowest BCUT2D eigenvalue weighted by Gasteiger charge is -2.06. The van der Waals surface area contributed by atoms with Gasteiger partial charge >= 0.3 is 11.8 Å². The highest BCUT2D eigenvalue weighted by Gasteiger charge is 2.14. The van der Waals surface area contributed by atoms with Gasteiger partial charge in [0, 0.05) is 34.6 Å². The monoisotopic (exact) mass is 403 g/mol. The van der Waals surface area contributed by atoms with Crippen molar-refractivity contribution in [1.82, 2.24) is 10.3 Å². The summed E-state index contributed by atoms with van der Waals surface area (Å²) in [6.07, 6.45) is 0.489. The summed E-state index contributed by atoms with van der Waals surface area (Å²) in [5, 5.41) is 8.30. The molecule has 2 aromatic carbocycles. The van der Waals surface area contributed by atoms with Crippen LogP contribution in [0.3, 0.4) is 0 Å². The molecule has 3 aromatic rings. The van der Waals surface area contributed by atoms with Crippen LogP contribution >= 0.6 is 22.9 Å². The van der Waals surface area contributed by atoms with Crippen LogP contribution in [0.1, 0.15) is 5.69 Å². The highest BCUT2D eigenvalue weighted by atomic mass is 35.5. The van der Waals surface area contributed by atoms with Crippen LogP contribution in [-0.4, -0.2) is 23.3 Å². The van der Waals surface area contributed by atoms with Crippen LogP contribution in [-0.2, 0) is 16.0 Å². The van der Waals surface area contributed by atoms with Gasteiger partial charge in [0.1, 0.15) is 10.8 Å². The Balaban J connectivity index is 1.48. The zero-order chi connectivity index (χ0) is 19.2. The first-order valence-electron chi connectivity index (χ1n) is 8.06. The average Bonchev–Trinajstić information content (AvgIpc) is 3.11. The van der Waals surface area contributed by atoms with Crippen molar-refractivity contribution in [3.63, 3.8) is 0 Å². The Bertz CT molecular complexity index is 960. The molecule has 0 bridgehead atoms. The molecule has 0 saturated heterocycles. The molecule has 138 valence electrons. The quantitative estimate of drug-likeness (QED) is 0.635. The molecule has 0 radical (unpaired) electrons. The van der Waals surface area contributed by atoms with Gasteiger partial charge in [0.15, 0.2) is 0 Å². The number of nitrogens with zero attached hydrogens (tertiary/aromatic N) is 1. The molecule has 2 amide bonds. The Hall–Kier alpha value is -2.77. The van der Waals surface area contributed by atoms with Crippen LogP contribution in [0, 0.1) is 5.82 Å². The Morgan fingerprint density at radius 1 is 1.11 bits per heavy atom. The highest BCUT2D eigenvalue weighted by molar-refractivity contribution is 7.13. The lowest BCUT2D eigenvalue weighted by molar-refractivity contribution is -0.136. The van der Waals surface area contributed by atoms with E-state index in [1.54, 1.807) is 12.1 Å². The zero-order valence-corrected chi connectivity index (χ0v) is 15.6. The first-order chi connectivity index (χ1) is 13.0. The molecule has 0 fully saturated rings. The van der Waals surface area contributed by atoms with Gasteiger partial charge in [-0.2, -0.15) is 0 Å². The van der Waals surface area contributed by atoms with Crippen LogP contribution in [0.25, 0.3) is 10.6 Å². The molecule has 0 aliphatic rings. The minimum atomic E-state index is -0.847. The van der Waals surface area contributed by atoms with E-state index in [0.717, 1.165) is 22.3 Å². The summed E-state index contributed by atoms with van der Waals surface area (Å²) in [5.41, 5.74) is 2.01. The summed E-state index contributed by atoms with van der Waals surface area (Å²) in [5.74, 6) is -2.12. The molecule has 0 unspecified atom stereocenters. The maximum Gasteiger partial charge on any atom is 0.313 e. The minimum absolute atomic E-state index is 0.224. The van der Waals surface area contributed by atoms with Crippen molar-refractivity contribution in [3.8, 4) is 10.6 Å². The summed E-state index contributed by atoms with van der Waals surface area (Å²) in [4.78, 5) is 28.2. The maximum absolute atomic E-state index is 13.1. The Morgan fingerprint density at radius 2 is 1.89 bits per heavy atom. The van der Waals surface area contributed by atoms with Gasteiger partial charge in [-0.05, 0) is 30.3 Å². The summed E-state index contributed by atoms with van der Waals surface area (Å²) in [6, 6.07) is 12.7. The van der Waals surface area contributed by atoms with Crippen molar-refractivity contribution in [2.45, 2.75) is 6.42 Å². The molecule has 0 saturated carbocycles. The Kier molecular flexibility index (Phi) is 6.16. The standard InChI is InChI=1S/C19H15ClFN3O2S/c20-13-6-4-12(5-7-13)19-24-16(11-27-19)8-9-22-17(25)18(26)23-15-3-1-2-14(21)10-15/h1-7,10-11H,8-9H2,(H,22,25)(H,23,26). The maximum atomic E-state index is 13.1. The smallest absolute Gasteiger partial charge is 0.313 e. The molecule has 0 aliphatic carbocycles. The molecule has 0 spiro atoms. The molecule has 1 heterocycles. The van der Waals surface area contributed by atoms with E-state index in [1.165, 1.54) is 29.5 Å². The van der Waals surface area contributed by atoms with Crippen molar-refractivity contribution in [3.05, 3.63) is 70.4 Å². The minimum Gasteiger partial charge on any atom is -0.347 e. The summed E-state index contributed by atoms with van der Waals surface area (Å²) < 4.78 is 13.1. The lowest BCUT2D eigenvalue weighted by atomic mass is 10.2. The fourth-order valence-corrected chi connectivity index (χ4v) is 3.27. The molecule has 2 N–H and O–H groups in total. The van der Waals surface area contributed by atoms with E-state index in [2.05, 4.69) is 15.6 Å². The lowest BCUT2D eigenvalue weighted by Crippen LogP contribution is -2.36. The SMILES string of the molecule is O=C(NCCc1csc(-c2ccc(Cl)cc2)n1)C(=O)Nc1cccc(F)c1. The molecular weight excluding hydrogens is 389 g/mol. The summed E-state index contributed by atoms with van der Waals surface area (Å²) in [7, 11) is 0. The van der Waals surface area contributed by atoms with Gasteiger partial charge in [-0.3, -0.25) is 9.59 Å². The largest absolute Gasteiger partial charge is 0.347 e. The van der Waals surface area contributed by atoms with Crippen molar-refractivity contribution in [2.75, 3.05) is 11.9 Å². The van der Waals surface area contributed by atoms with Crippen LogP contribution < -0.4 is 10.6 Å². The van der Waals surface area contributed by atoms with Gasteiger partial charge in [0.05, 0.1) is 5.69 Å². The molecule has 0 aliphatic heterocycles. The molecule has 8 heteroatoms. The van der Waals surface area contributed by atoms with E-state index in [4.69, 9.17) is 11.6 Å². The number of amides is 2. The second kappa shape index (κ2) is 8.75. The fraction of sp³-hybridized carbons (Fsp3) is 0.105. The number of hydrogen-bond acceptors (Lipinski definition) is 4. The summed E-state index contributed by atoms with van der Waals surface area (Å²) >= 11 is 7.37. The van der Waals surface area contributed by atoms with E-state index in [9.17, 15) is 14.0 Å². The third kappa shape index (κ3) is 5.35. The van der Waals surface area contributed by atoms with E-state index in [1.807, 2.05) is 17.5 Å². The van der Waals surface area contributed by atoms with Crippen molar-refractivity contribution in [1.29, 1.82) is 0 Å². The van der Waals surface area contributed by atoms with E-state index >= 15 is 0 Å². The third-order valence-electron chi connectivity index (χ3n) is 3.60. The Morgan fingerprint density at radius 3 is 2.63 bits per heavy atom. The van der Waals surface area contributed by atoms with E-state index in [0.29, 0.717) is 11.4 Å². The van der Waals surface area contributed by atoms with Crippen LogP contribution in [0.15, 0.2) is 53.9 Å². The topological polar surface area (TPSA) is 71.1 Å². The molecular formula is C19H15ClFN3O2S. The molecule has 1 aromatic heterocycles. The molecule has 3 rings (SSSR count). The predicted octanol–water partition coefficient (Wildman–Crippen LogP) is 3.90. The van der Waals surface area contributed by atoms with Gasteiger partial charge in [-0.15, -0.1) is 11.3 Å². The van der Waals surface area contributed by atoms with Gasteiger partial charge in [0.2, 0.25) is 0 Å². The average molecular weight is 404 g/mol. The van der Waals surface area contributed by atoms with E-state index < -0.39 is 17.6 Å². The number of carbonyl (C=O) groups is 2. The third-order valence-corrected chi connectivity index (χ3v) is 4.79. The summed E-state index contributed by atoms with van der Waals surface area (Å²) in [6.45, 7) is 0.263. The zero-order valence-electron chi connectivity index (χ0n) is 14.0. The number of thiazole rings is 1. The molecule has 0 atom stereocenters. The number of benzene rings is 2. The number of rotatable bonds is 5. The van der Waals surface area contributed by atoms with E-state index in [-0.39, 0.29) is 12.2 Å². The second-order valence-electron chi connectivity index (χ2n) is 5.62. The van der Waals surface area contributed by atoms with Crippen LogP contribution in [0.2, 0.25) is 5.02 Å². The number of nitrogens with one attached hydrogen (secondary N) is 2. The van der Waals surface area contributed by atoms with Crippen molar-refractivity contribution >= 4 is 40.4 Å². The van der Waals surface area contributed by atoms with Crippen molar-refractivity contribution < 1.29 is 14.0 Å².